The molecule has 2 atom stereocenters. The zero-order valence-electron chi connectivity index (χ0n) is 16.6. The van der Waals surface area contributed by atoms with Gasteiger partial charge in [-0.15, -0.1) is 0 Å². The van der Waals surface area contributed by atoms with Gasteiger partial charge in [0.1, 0.15) is 12.1 Å². The Balaban J connectivity index is 1.25. The lowest BCUT2D eigenvalue weighted by Crippen LogP contribution is -2.33. The van der Waals surface area contributed by atoms with Gasteiger partial charge < -0.3 is 14.7 Å². The van der Waals surface area contributed by atoms with E-state index in [0.29, 0.717) is 17.8 Å². The Kier molecular flexibility index (Phi) is 4.22. The third-order valence-electron chi connectivity index (χ3n) is 6.38. The molecule has 3 fully saturated rings. The summed E-state index contributed by atoms with van der Waals surface area (Å²) in [6.07, 6.45) is 4.23. The molecule has 2 aromatic rings. The van der Waals surface area contributed by atoms with Crippen LogP contribution in [0.1, 0.15) is 34.8 Å². The lowest BCUT2D eigenvalue weighted by Gasteiger charge is -2.23. The fraction of sp³-hybridized carbons (Fsp3) is 0.500. The smallest absolute Gasteiger partial charge is 0.253 e. The SMILES string of the molecule is CN(C)c1cccc(C(=O)N2CC3CN(c4cc(C5CC5)ncn4)CC3C2)c1. The number of nitrogens with zero attached hydrogens (tertiary/aromatic N) is 5. The first-order valence-corrected chi connectivity index (χ1v) is 10.2. The number of benzene rings is 1. The monoisotopic (exact) mass is 377 g/mol. The van der Waals surface area contributed by atoms with Gasteiger partial charge in [0, 0.05) is 81.0 Å². The summed E-state index contributed by atoms with van der Waals surface area (Å²) in [4.78, 5) is 28.4. The summed E-state index contributed by atoms with van der Waals surface area (Å²) in [5.74, 6) is 2.92. The zero-order valence-corrected chi connectivity index (χ0v) is 16.6. The van der Waals surface area contributed by atoms with Crippen molar-refractivity contribution in [1.29, 1.82) is 0 Å². The summed E-state index contributed by atoms with van der Waals surface area (Å²) in [6, 6.07) is 10.1. The van der Waals surface area contributed by atoms with Crippen LogP contribution in [0.5, 0.6) is 0 Å². The normalized spacial score (nSPS) is 23.8. The molecule has 2 unspecified atom stereocenters. The summed E-state index contributed by atoms with van der Waals surface area (Å²) in [5.41, 5.74) is 3.04. The average molecular weight is 377 g/mol. The van der Waals surface area contributed by atoms with Gasteiger partial charge >= 0.3 is 0 Å². The van der Waals surface area contributed by atoms with Crippen molar-refractivity contribution in [3.8, 4) is 0 Å². The third-order valence-corrected chi connectivity index (χ3v) is 6.38. The summed E-state index contributed by atoms with van der Waals surface area (Å²) < 4.78 is 0. The van der Waals surface area contributed by atoms with Crippen LogP contribution in [0, 0.1) is 11.8 Å². The molecule has 0 radical (unpaired) electrons. The van der Waals surface area contributed by atoms with Crippen molar-refractivity contribution in [2.75, 3.05) is 50.1 Å². The van der Waals surface area contributed by atoms with Crippen LogP contribution in [0.2, 0.25) is 0 Å². The minimum absolute atomic E-state index is 0.155. The second kappa shape index (κ2) is 6.76. The number of carbonyl (C=O) groups is 1. The number of aromatic nitrogens is 2. The van der Waals surface area contributed by atoms with Crippen molar-refractivity contribution in [1.82, 2.24) is 14.9 Å². The number of rotatable bonds is 4. The molecular weight excluding hydrogens is 350 g/mol. The molecule has 1 amide bonds. The Labute approximate surface area is 166 Å². The molecule has 0 bridgehead atoms. The van der Waals surface area contributed by atoms with Gasteiger partial charge in [-0.1, -0.05) is 6.07 Å². The topological polar surface area (TPSA) is 52.6 Å². The molecule has 1 aliphatic carbocycles. The summed E-state index contributed by atoms with van der Waals surface area (Å²) in [6.45, 7) is 3.64. The molecule has 1 aromatic carbocycles. The van der Waals surface area contributed by atoms with Crippen molar-refractivity contribution >= 4 is 17.4 Å². The van der Waals surface area contributed by atoms with E-state index in [0.717, 1.165) is 43.2 Å². The van der Waals surface area contributed by atoms with E-state index in [1.54, 1.807) is 6.33 Å². The van der Waals surface area contributed by atoms with Crippen molar-refractivity contribution < 1.29 is 4.79 Å². The van der Waals surface area contributed by atoms with Crippen molar-refractivity contribution in [3.63, 3.8) is 0 Å². The number of hydrogen-bond donors (Lipinski definition) is 0. The molecule has 1 aromatic heterocycles. The lowest BCUT2D eigenvalue weighted by molar-refractivity contribution is 0.0782. The van der Waals surface area contributed by atoms with Crippen molar-refractivity contribution in [2.24, 2.45) is 11.8 Å². The van der Waals surface area contributed by atoms with Crippen LogP contribution >= 0.6 is 0 Å². The maximum absolute atomic E-state index is 13.0. The second-order valence-electron chi connectivity index (χ2n) is 8.66. The summed E-state index contributed by atoms with van der Waals surface area (Å²) >= 11 is 0. The first-order chi connectivity index (χ1) is 13.6. The third kappa shape index (κ3) is 3.21. The Morgan fingerprint density at radius 1 is 1.04 bits per heavy atom. The molecule has 6 nitrogen and oxygen atoms in total. The van der Waals surface area contributed by atoms with Crippen LogP contribution in [-0.2, 0) is 0 Å². The van der Waals surface area contributed by atoms with Gasteiger partial charge in [-0.25, -0.2) is 9.97 Å². The van der Waals surface area contributed by atoms with E-state index in [1.165, 1.54) is 18.5 Å². The molecule has 3 heterocycles. The Bertz CT molecular complexity index is 880. The first kappa shape index (κ1) is 17.5. The Morgan fingerprint density at radius 2 is 1.79 bits per heavy atom. The summed E-state index contributed by atoms with van der Waals surface area (Å²) in [7, 11) is 4.00. The van der Waals surface area contributed by atoms with Gasteiger partial charge in [-0.05, 0) is 31.0 Å². The van der Waals surface area contributed by atoms with E-state index in [9.17, 15) is 4.79 Å². The molecule has 5 rings (SSSR count). The van der Waals surface area contributed by atoms with E-state index in [4.69, 9.17) is 0 Å². The number of likely N-dealkylation sites (tertiary alicyclic amines) is 1. The van der Waals surface area contributed by atoms with Crippen LogP contribution in [0.4, 0.5) is 11.5 Å². The van der Waals surface area contributed by atoms with Gasteiger partial charge in [-0.3, -0.25) is 4.79 Å². The largest absolute Gasteiger partial charge is 0.378 e. The van der Waals surface area contributed by atoms with Gasteiger partial charge in [0.2, 0.25) is 0 Å². The quantitative estimate of drug-likeness (QED) is 0.820. The molecule has 28 heavy (non-hydrogen) atoms. The molecule has 3 aliphatic rings. The standard InChI is InChI=1S/C22H27N5O/c1-25(2)19-5-3-4-16(8-19)22(28)27-12-17-10-26(11-18(17)13-27)21-9-20(15-6-7-15)23-14-24-21/h3-5,8-9,14-15,17-18H,6-7,10-13H2,1-2H3. The van der Waals surface area contributed by atoms with Crippen LogP contribution in [-0.4, -0.2) is 61.0 Å². The van der Waals surface area contributed by atoms with E-state index < -0.39 is 0 Å². The predicted molar refractivity (Wildman–Crippen MR) is 110 cm³/mol. The average Bonchev–Trinajstić information content (AvgIpc) is 3.37. The fourth-order valence-corrected chi connectivity index (χ4v) is 4.58. The minimum Gasteiger partial charge on any atom is -0.378 e. The van der Waals surface area contributed by atoms with Gasteiger partial charge in [-0.2, -0.15) is 0 Å². The number of fused-ring (bicyclic) bond motifs is 1. The molecule has 1 saturated carbocycles. The Morgan fingerprint density at radius 3 is 2.46 bits per heavy atom. The summed E-state index contributed by atoms with van der Waals surface area (Å²) in [5, 5.41) is 0. The number of amides is 1. The molecule has 146 valence electrons. The molecule has 2 saturated heterocycles. The van der Waals surface area contributed by atoms with Gasteiger partial charge in [0.25, 0.3) is 5.91 Å². The van der Waals surface area contributed by atoms with Crippen LogP contribution in [0.3, 0.4) is 0 Å². The van der Waals surface area contributed by atoms with Crippen molar-refractivity contribution in [2.45, 2.75) is 18.8 Å². The van der Waals surface area contributed by atoms with E-state index in [2.05, 4.69) is 20.9 Å². The molecule has 2 aliphatic heterocycles. The number of anilines is 2. The fourth-order valence-electron chi connectivity index (χ4n) is 4.58. The van der Waals surface area contributed by atoms with Gasteiger partial charge in [0.15, 0.2) is 0 Å². The first-order valence-electron chi connectivity index (χ1n) is 10.2. The van der Waals surface area contributed by atoms with E-state index in [-0.39, 0.29) is 5.91 Å². The second-order valence-corrected chi connectivity index (χ2v) is 8.66. The van der Waals surface area contributed by atoms with Crippen LogP contribution in [0.15, 0.2) is 36.7 Å². The molecule has 6 heteroatoms. The highest BCUT2D eigenvalue weighted by Gasteiger charge is 2.42. The number of carbonyl (C=O) groups excluding carboxylic acids is 1. The Hall–Kier alpha value is -2.63. The lowest BCUT2D eigenvalue weighted by atomic mass is 10.0. The predicted octanol–water partition coefficient (Wildman–Crippen LogP) is 2.63. The number of hydrogen-bond acceptors (Lipinski definition) is 5. The van der Waals surface area contributed by atoms with Crippen LogP contribution in [0.25, 0.3) is 0 Å². The highest BCUT2D eigenvalue weighted by atomic mass is 16.2. The minimum atomic E-state index is 0.155. The molecule has 0 spiro atoms. The molecular formula is C22H27N5O. The maximum Gasteiger partial charge on any atom is 0.253 e. The maximum atomic E-state index is 13.0. The highest BCUT2D eigenvalue weighted by Crippen LogP contribution is 2.40. The van der Waals surface area contributed by atoms with Gasteiger partial charge in [0.05, 0.1) is 0 Å². The van der Waals surface area contributed by atoms with Crippen molar-refractivity contribution in [3.05, 3.63) is 47.9 Å². The highest BCUT2D eigenvalue weighted by molar-refractivity contribution is 5.95. The molecule has 0 N–H and O–H groups in total. The zero-order chi connectivity index (χ0) is 19.3. The van der Waals surface area contributed by atoms with Crippen LogP contribution < -0.4 is 9.80 Å². The van der Waals surface area contributed by atoms with E-state index in [1.807, 2.05) is 48.2 Å². The van der Waals surface area contributed by atoms with E-state index >= 15 is 0 Å².